The summed E-state index contributed by atoms with van der Waals surface area (Å²) in [4.78, 5) is 34.5. The van der Waals surface area contributed by atoms with Gasteiger partial charge >= 0.3 is 5.97 Å². The van der Waals surface area contributed by atoms with Crippen molar-refractivity contribution in [1.82, 2.24) is 10.6 Å². The predicted octanol–water partition coefficient (Wildman–Crippen LogP) is -0.527. The Hall–Kier alpha value is -2.10. The lowest BCUT2D eigenvalue weighted by Crippen LogP contribution is -2.49. The average Bonchev–Trinajstić information content (AvgIpc) is 2.83. The van der Waals surface area contributed by atoms with Crippen LogP contribution in [0.2, 0.25) is 0 Å². The molecule has 19 heavy (non-hydrogen) atoms. The van der Waals surface area contributed by atoms with E-state index in [-0.39, 0.29) is 18.2 Å². The highest BCUT2D eigenvalue weighted by Crippen LogP contribution is 2.10. The van der Waals surface area contributed by atoms with Gasteiger partial charge in [-0.25, -0.2) is 4.79 Å². The molecule has 0 bridgehead atoms. The zero-order chi connectivity index (χ0) is 14.4. The molecule has 0 spiro atoms. The van der Waals surface area contributed by atoms with Gasteiger partial charge in [-0.15, -0.1) is 0 Å². The smallest absolute Gasteiger partial charge is 0.328 e. The van der Waals surface area contributed by atoms with E-state index >= 15 is 0 Å². The minimum Gasteiger partial charge on any atom is -0.467 e. The molecule has 7 nitrogen and oxygen atoms in total. The second-order valence-corrected chi connectivity index (χ2v) is 4.51. The third kappa shape index (κ3) is 4.25. The maximum absolute atomic E-state index is 11.9. The number of amides is 2. The van der Waals surface area contributed by atoms with E-state index in [1.54, 1.807) is 6.92 Å². The summed E-state index contributed by atoms with van der Waals surface area (Å²) in [7, 11) is 1.22. The summed E-state index contributed by atoms with van der Waals surface area (Å²) in [6.07, 6.45) is 0.886. The average molecular weight is 267 g/mol. The zero-order valence-corrected chi connectivity index (χ0v) is 10.9. The van der Waals surface area contributed by atoms with Crippen LogP contribution in [0.3, 0.4) is 0 Å². The summed E-state index contributed by atoms with van der Waals surface area (Å²) in [6.45, 7) is 1.65. The summed E-state index contributed by atoms with van der Waals surface area (Å²) in [5.74, 6) is -1.59. The van der Waals surface area contributed by atoms with Crippen LogP contribution in [-0.4, -0.2) is 37.0 Å². The number of hydrogen-bond donors (Lipinski definition) is 2. The Morgan fingerprint density at radius 1 is 1.63 bits per heavy atom. The van der Waals surface area contributed by atoms with Crippen molar-refractivity contribution in [2.75, 3.05) is 7.11 Å². The number of nitrogens with one attached hydrogen (secondary N) is 2. The van der Waals surface area contributed by atoms with E-state index < -0.39 is 24.0 Å². The highest BCUT2D eigenvalue weighted by atomic mass is 16.5. The van der Waals surface area contributed by atoms with Gasteiger partial charge in [0, 0.05) is 12.3 Å². The van der Waals surface area contributed by atoms with Crippen molar-refractivity contribution < 1.29 is 19.1 Å². The molecule has 0 aliphatic carbocycles. The largest absolute Gasteiger partial charge is 0.467 e. The zero-order valence-electron chi connectivity index (χ0n) is 10.9. The number of rotatable bonds is 5. The summed E-state index contributed by atoms with van der Waals surface area (Å²) in [5.41, 5.74) is 0. The molecule has 0 unspecified atom stereocenters. The Labute approximate surface area is 111 Å². The van der Waals surface area contributed by atoms with Crippen LogP contribution in [-0.2, 0) is 19.1 Å². The van der Waals surface area contributed by atoms with Crippen molar-refractivity contribution in [2.24, 2.45) is 5.92 Å². The molecule has 7 heteroatoms. The van der Waals surface area contributed by atoms with Gasteiger partial charge in [-0.3, -0.25) is 9.59 Å². The van der Waals surface area contributed by atoms with Crippen molar-refractivity contribution in [3.8, 4) is 6.07 Å². The molecule has 1 saturated heterocycles. The number of esters is 1. The van der Waals surface area contributed by atoms with Crippen molar-refractivity contribution in [1.29, 1.82) is 5.26 Å². The molecule has 0 aromatic rings. The number of carbonyl (C=O) groups excluding carboxylic acids is 3. The second kappa shape index (κ2) is 6.73. The van der Waals surface area contributed by atoms with E-state index in [1.165, 1.54) is 7.11 Å². The highest BCUT2D eigenvalue weighted by Gasteiger charge is 2.31. The van der Waals surface area contributed by atoms with Gasteiger partial charge < -0.3 is 15.4 Å². The Bertz CT molecular complexity index is 416. The molecule has 104 valence electrons. The number of nitriles is 1. The molecule has 1 aliphatic rings. The maximum atomic E-state index is 11.9. The summed E-state index contributed by atoms with van der Waals surface area (Å²) in [6, 6.07) is 0.511. The molecule has 0 radical (unpaired) electrons. The number of ether oxygens (including phenoxy) is 1. The number of carbonyl (C=O) groups is 3. The molecule has 1 aliphatic heterocycles. The topological polar surface area (TPSA) is 108 Å². The fraction of sp³-hybridized carbons (Fsp3) is 0.667. The molecule has 0 aromatic heterocycles. The quantitative estimate of drug-likeness (QED) is 0.651. The van der Waals surface area contributed by atoms with Gasteiger partial charge in [0.15, 0.2) is 0 Å². The normalized spacial score (nSPS) is 20.9. The first kappa shape index (κ1) is 15.0. The summed E-state index contributed by atoms with van der Waals surface area (Å²) in [5, 5.41) is 13.8. The summed E-state index contributed by atoms with van der Waals surface area (Å²) < 4.78 is 4.59. The predicted molar refractivity (Wildman–Crippen MR) is 64.5 cm³/mol. The Kier molecular flexibility index (Phi) is 5.30. The number of methoxy groups -OCH3 is 1. The molecule has 0 aromatic carbocycles. The van der Waals surface area contributed by atoms with E-state index in [2.05, 4.69) is 15.4 Å². The Balaban J connectivity index is 2.61. The van der Waals surface area contributed by atoms with Crippen LogP contribution in [0, 0.1) is 17.2 Å². The van der Waals surface area contributed by atoms with E-state index in [1.807, 2.05) is 6.07 Å². The maximum Gasteiger partial charge on any atom is 0.328 e. The molecule has 1 fully saturated rings. The Morgan fingerprint density at radius 3 is 2.79 bits per heavy atom. The number of hydrogen-bond acceptors (Lipinski definition) is 5. The number of nitrogens with zero attached hydrogens (tertiary/aromatic N) is 1. The minimum atomic E-state index is -0.871. The molecule has 0 saturated carbocycles. The van der Waals surface area contributed by atoms with Gasteiger partial charge in [0.05, 0.1) is 13.2 Å². The molecule has 2 N–H and O–H groups in total. The van der Waals surface area contributed by atoms with E-state index in [9.17, 15) is 14.4 Å². The van der Waals surface area contributed by atoms with Crippen LogP contribution in [0.25, 0.3) is 0 Å². The highest BCUT2D eigenvalue weighted by molar-refractivity contribution is 5.93. The van der Waals surface area contributed by atoms with Crippen LogP contribution in [0.1, 0.15) is 26.2 Å². The van der Waals surface area contributed by atoms with Crippen LogP contribution in [0.4, 0.5) is 0 Å². The fourth-order valence-electron chi connectivity index (χ4n) is 1.85. The molecule has 3 atom stereocenters. The summed E-state index contributed by atoms with van der Waals surface area (Å²) >= 11 is 0. The van der Waals surface area contributed by atoms with Gasteiger partial charge in [-0.2, -0.15) is 5.26 Å². The van der Waals surface area contributed by atoms with Crippen molar-refractivity contribution in [2.45, 2.75) is 38.3 Å². The monoisotopic (exact) mass is 267 g/mol. The first-order chi connectivity index (χ1) is 8.97. The Morgan fingerprint density at radius 2 is 2.32 bits per heavy atom. The van der Waals surface area contributed by atoms with E-state index in [0.717, 1.165) is 0 Å². The molecular formula is C12H17N3O4. The molecule has 1 heterocycles. The lowest BCUT2D eigenvalue weighted by molar-refractivity contribution is -0.145. The van der Waals surface area contributed by atoms with Crippen LogP contribution in [0.5, 0.6) is 0 Å². The van der Waals surface area contributed by atoms with Gasteiger partial charge in [-0.05, 0) is 19.8 Å². The fourth-order valence-corrected chi connectivity index (χ4v) is 1.85. The third-order valence-electron chi connectivity index (χ3n) is 2.92. The van der Waals surface area contributed by atoms with Gasteiger partial charge in [0.2, 0.25) is 11.8 Å². The standard InChI is InChI=1S/C12H17N3O4/c1-7(6-13)5-9(12(18)19-2)15-11(17)8-3-4-10(16)14-8/h7-9H,3-5H2,1-2H3,(H,14,16)(H,15,17)/t7-,8-,9-/m1/s1. The van der Waals surface area contributed by atoms with Crippen molar-refractivity contribution in [3.05, 3.63) is 0 Å². The molecule has 2 amide bonds. The van der Waals surface area contributed by atoms with Crippen LogP contribution >= 0.6 is 0 Å². The first-order valence-corrected chi connectivity index (χ1v) is 6.05. The first-order valence-electron chi connectivity index (χ1n) is 6.05. The molecular weight excluding hydrogens is 250 g/mol. The van der Waals surface area contributed by atoms with Crippen LogP contribution < -0.4 is 10.6 Å². The second-order valence-electron chi connectivity index (χ2n) is 4.51. The van der Waals surface area contributed by atoms with Gasteiger partial charge in [0.1, 0.15) is 12.1 Å². The SMILES string of the molecule is COC(=O)[C@@H](C[C@@H](C)C#N)NC(=O)[C@H]1CCC(=O)N1. The van der Waals surface area contributed by atoms with Crippen molar-refractivity contribution >= 4 is 17.8 Å². The van der Waals surface area contributed by atoms with E-state index in [0.29, 0.717) is 12.8 Å². The lowest BCUT2D eigenvalue weighted by atomic mass is 10.0. The minimum absolute atomic E-state index is 0.176. The van der Waals surface area contributed by atoms with E-state index in [4.69, 9.17) is 5.26 Å². The molecule has 1 rings (SSSR count). The van der Waals surface area contributed by atoms with Crippen LogP contribution in [0.15, 0.2) is 0 Å². The third-order valence-corrected chi connectivity index (χ3v) is 2.92. The van der Waals surface area contributed by atoms with Gasteiger partial charge in [0.25, 0.3) is 0 Å². The van der Waals surface area contributed by atoms with Gasteiger partial charge in [-0.1, -0.05) is 0 Å². The van der Waals surface area contributed by atoms with Crippen molar-refractivity contribution in [3.63, 3.8) is 0 Å². The lowest BCUT2D eigenvalue weighted by Gasteiger charge is -2.19.